The van der Waals surface area contributed by atoms with Crippen LogP contribution in [0.1, 0.15) is 11.1 Å². The van der Waals surface area contributed by atoms with Gasteiger partial charge in [0.2, 0.25) is 0 Å². The van der Waals surface area contributed by atoms with Crippen molar-refractivity contribution in [3.05, 3.63) is 59.3 Å². The minimum absolute atomic E-state index is 0.111. The van der Waals surface area contributed by atoms with Gasteiger partial charge in [-0.2, -0.15) is 0 Å². The molecule has 0 saturated carbocycles. The average Bonchev–Trinajstić information content (AvgIpc) is 2.95. The minimum Gasteiger partial charge on any atom is -0.493 e. The second-order valence-corrected chi connectivity index (χ2v) is 6.43. The number of carbonyl (C=O) groups is 3. The van der Waals surface area contributed by atoms with Gasteiger partial charge in [-0.05, 0) is 31.2 Å². The molecule has 3 rings (SSSR count). The molecule has 0 unspecified atom stereocenters. The summed E-state index contributed by atoms with van der Waals surface area (Å²) in [5, 5.41) is 5.24. The molecule has 1 saturated heterocycles. The fourth-order valence-electron chi connectivity index (χ4n) is 2.71. The van der Waals surface area contributed by atoms with Crippen LogP contribution in [0.3, 0.4) is 0 Å². The van der Waals surface area contributed by atoms with E-state index in [4.69, 9.17) is 9.47 Å². The standard InChI is InChI=1S/C21H21N3O5/c1-13-7-9-15(10-8-13)22-18(25)12-29-19-14(5-4-6-17(19)28-3)11-16-20(26)24(2)21(27)23-16/h4-11H,12H2,1-3H3,(H,22,25)(H,23,27)/b16-11-. The lowest BCUT2D eigenvalue weighted by atomic mass is 10.1. The van der Waals surface area contributed by atoms with Gasteiger partial charge in [0, 0.05) is 18.3 Å². The average molecular weight is 395 g/mol. The zero-order valence-corrected chi connectivity index (χ0v) is 16.3. The summed E-state index contributed by atoms with van der Waals surface area (Å²) in [6.07, 6.45) is 1.49. The number of likely N-dealkylation sites (N-methyl/N-ethyl adjacent to an activating group) is 1. The van der Waals surface area contributed by atoms with E-state index in [1.165, 1.54) is 20.2 Å². The van der Waals surface area contributed by atoms with Gasteiger partial charge < -0.3 is 20.1 Å². The van der Waals surface area contributed by atoms with Gasteiger partial charge in [-0.1, -0.05) is 29.8 Å². The van der Waals surface area contributed by atoms with E-state index in [1.807, 2.05) is 19.1 Å². The highest BCUT2D eigenvalue weighted by atomic mass is 16.5. The van der Waals surface area contributed by atoms with Gasteiger partial charge in [-0.3, -0.25) is 14.5 Å². The summed E-state index contributed by atoms with van der Waals surface area (Å²) in [6.45, 7) is 1.70. The minimum atomic E-state index is -0.510. The smallest absolute Gasteiger partial charge is 0.328 e. The lowest BCUT2D eigenvalue weighted by molar-refractivity contribution is -0.122. The van der Waals surface area contributed by atoms with Crippen LogP contribution >= 0.6 is 0 Å². The van der Waals surface area contributed by atoms with Crippen LogP contribution in [0, 0.1) is 6.92 Å². The molecule has 4 amide bonds. The first-order valence-corrected chi connectivity index (χ1v) is 8.86. The molecule has 8 nitrogen and oxygen atoms in total. The highest BCUT2D eigenvalue weighted by molar-refractivity contribution is 6.13. The number of nitrogens with one attached hydrogen (secondary N) is 2. The number of hydrogen-bond acceptors (Lipinski definition) is 5. The number of aryl methyl sites for hydroxylation is 1. The van der Waals surface area contributed by atoms with Crippen LogP contribution < -0.4 is 20.1 Å². The summed E-state index contributed by atoms with van der Waals surface area (Å²) in [5.41, 5.74) is 2.35. The van der Waals surface area contributed by atoms with Gasteiger partial charge in [-0.25, -0.2) is 4.79 Å². The van der Waals surface area contributed by atoms with Crippen molar-refractivity contribution in [1.29, 1.82) is 0 Å². The molecule has 1 aliphatic heterocycles. The van der Waals surface area contributed by atoms with E-state index in [0.717, 1.165) is 10.5 Å². The van der Waals surface area contributed by atoms with Crippen molar-refractivity contribution in [2.24, 2.45) is 0 Å². The number of anilines is 1. The van der Waals surface area contributed by atoms with E-state index in [2.05, 4.69) is 10.6 Å². The number of nitrogens with zero attached hydrogens (tertiary/aromatic N) is 1. The zero-order valence-electron chi connectivity index (χ0n) is 16.3. The molecule has 1 aliphatic rings. The van der Waals surface area contributed by atoms with Crippen LogP contribution in [0.15, 0.2) is 48.2 Å². The van der Waals surface area contributed by atoms with E-state index < -0.39 is 11.9 Å². The molecular weight excluding hydrogens is 374 g/mol. The molecule has 150 valence electrons. The first kappa shape index (κ1) is 19.9. The van der Waals surface area contributed by atoms with Crippen LogP contribution in [0.5, 0.6) is 11.5 Å². The van der Waals surface area contributed by atoms with Crippen LogP contribution in [0.25, 0.3) is 6.08 Å². The van der Waals surface area contributed by atoms with Crippen LogP contribution in [-0.2, 0) is 9.59 Å². The second kappa shape index (κ2) is 8.47. The fourth-order valence-corrected chi connectivity index (χ4v) is 2.71. The first-order valence-electron chi connectivity index (χ1n) is 8.86. The van der Waals surface area contributed by atoms with Crippen LogP contribution in [0.4, 0.5) is 10.5 Å². The number of benzene rings is 2. The number of methoxy groups -OCH3 is 1. The number of urea groups is 1. The Labute approximate surface area is 168 Å². The Hall–Kier alpha value is -3.81. The van der Waals surface area contributed by atoms with Gasteiger partial charge in [0.15, 0.2) is 18.1 Å². The van der Waals surface area contributed by atoms with Gasteiger partial charge in [0.1, 0.15) is 5.70 Å². The molecule has 0 atom stereocenters. The van der Waals surface area contributed by atoms with Gasteiger partial charge in [0.05, 0.1) is 7.11 Å². The molecular formula is C21H21N3O5. The number of para-hydroxylation sites is 1. The quantitative estimate of drug-likeness (QED) is 0.579. The molecule has 0 aliphatic carbocycles. The normalized spacial score (nSPS) is 14.7. The summed E-state index contributed by atoms with van der Waals surface area (Å²) >= 11 is 0. The summed E-state index contributed by atoms with van der Waals surface area (Å²) in [5.74, 6) is -0.116. The van der Waals surface area contributed by atoms with Gasteiger partial charge in [0.25, 0.3) is 11.8 Å². The molecule has 0 aromatic heterocycles. The number of hydrogen-bond donors (Lipinski definition) is 2. The van der Waals surface area contributed by atoms with Crippen molar-refractivity contribution in [2.45, 2.75) is 6.92 Å². The Balaban J connectivity index is 1.78. The van der Waals surface area contributed by atoms with Crippen molar-refractivity contribution < 1.29 is 23.9 Å². The van der Waals surface area contributed by atoms with Gasteiger partial charge >= 0.3 is 6.03 Å². The Bertz CT molecular complexity index is 982. The Kier molecular flexibility index (Phi) is 5.82. The highest BCUT2D eigenvalue weighted by Crippen LogP contribution is 2.33. The molecule has 2 N–H and O–H groups in total. The summed E-state index contributed by atoms with van der Waals surface area (Å²) in [6, 6.07) is 12.0. The number of rotatable bonds is 6. The Morgan fingerprint density at radius 1 is 1.17 bits per heavy atom. The largest absolute Gasteiger partial charge is 0.493 e. The third-order valence-corrected chi connectivity index (χ3v) is 4.29. The predicted molar refractivity (Wildman–Crippen MR) is 108 cm³/mol. The summed E-state index contributed by atoms with van der Waals surface area (Å²) in [4.78, 5) is 37.0. The summed E-state index contributed by atoms with van der Waals surface area (Å²) in [7, 11) is 2.86. The number of carbonyl (C=O) groups excluding carboxylic acids is 3. The van der Waals surface area contributed by atoms with E-state index in [0.29, 0.717) is 17.0 Å². The Morgan fingerprint density at radius 3 is 2.52 bits per heavy atom. The fraction of sp³-hybridized carbons (Fsp3) is 0.190. The zero-order chi connectivity index (χ0) is 21.0. The second-order valence-electron chi connectivity index (χ2n) is 6.43. The molecule has 0 radical (unpaired) electrons. The van der Waals surface area contributed by atoms with Crippen LogP contribution in [-0.4, -0.2) is 43.5 Å². The SMILES string of the molecule is COc1cccc(/C=C2\NC(=O)N(C)C2=O)c1OCC(=O)Nc1ccc(C)cc1. The molecule has 0 spiro atoms. The molecule has 1 heterocycles. The number of imide groups is 1. The highest BCUT2D eigenvalue weighted by Gasteiger charge is 2.30. The maximum absolute atomic E-state index is 12.3. The molecule has 2 aromatic rings. The molecule has 8 heteroatoms. The maximum atomic E-state index is 12.3. The van der Waals surface area contributed by atoms with E-state index in [-0.39, 0.29) is 24.0 Å². The predicted octanol–water partition coefficient (Wildman–Crippen LogP) is 2.54. The van der Waals surface area contributed by atoms with Crippen molar-refractivity contribution >= 4 is 29.6 Å². The number of ether oxygens (including phenoxy) is 2. The number of amides is 4. The molecule has 2 aromatic carbocycles. The van der Waals surface area contributed by atoms with E-state index >= 15 is 0 Å². The van der Waals surface area contributed by atoms with Crippen molar-refractivity contribution in [3.63, 3.8) is 0 Å². The first-order chi connectivity index (χ1) is 13.9. The third kappa shape index (κ3) is 4.55. The van der Waals surface area contributed by atoms with Crippen LogP contribution in [0.2, 0.25) is 0 Å². The monoisotopic (exact) mass is 395 g/mol. The lowest BCUT2D eigenvalue weighted by Crippen LogP contribution is -2.25. The van der Waals surface area contributed by atoms with Gasteiger partial charge in [-0.15, -0.1) is 0 Å². The van der Waals surface area contributed by atoms with Crippen molar-refractivity contribution in [3.8, 4) is 11.5 Å². The van der Waals surface area contributed by atoms with E-state index in [9.17, 15) is 14.4 Å². The molecule has 0 bridgehead atoms. The topological polar surface area (TPSA) is 97.0 Å². The van der Waals surface area contributed by atoms with Crippen molar-refractivity contribution in [2.75, 3.05) is 26.1 Å². The van der Waals surface area contributed by atoms with Crippen molar-refractivity contribution in [1.82, 2.24) is 10.2 Å². The summed E-state index contributed by atoms with van der Waals surface area (Å²) < 4.78 is 11.0. The molecule has 29 heavy (non-hydrogen) atoms. The molecule has 1 fully saturated rings. The third-order valence-electron chi connectivity index (χ3n) is 4.29. The maximum Gasteiger partial charge on any atom is 0.328 e. The lowest BCUT2D eigenvalue weighted by Gasteiger charge is -2.14. The Morgan fingerprint density at radius 2 is 1.90 bits per heavy atom. The van der Waals surface area contributed by atoms with E-state index in [1.54, 1.807) is 30.3 Å².